The summed E-state index contributed by atoms with van der Waals surface area (Å²) in [4.78, 5) is 0. The number of benzene rings is 1. The first-order chi connectivity index (χ1) is 7.59. The molecule has 1 aliphatic rings. The van der Waals surface area contributed by atoms with Gasteiger partial charge in [-0.25, -0.2) is 13.2 Å². The van der Waals surface area contributed by atoms with Crippen LogP contribution in [0.3, 0.4) is 0 Å². The summed E-state index contributed by atoms with van der Waals surface area (Å²) in [5.41, 5.74) is -0.185. The van der Waals surface area contributed by atoms with Gasteiger partial charge in [-0.1, -0.05) is 12.8 Å². The molecule has 0 bridgehead atoms. The van der Waals surface area contributed by atoms with E-state index in [4.69, 9.17) is 11.6 Å². The van der Waals surface area contributed by atoms with Gasteiger partial charge in [0.2, 0.25) is 0 Å². The summed E-state index contributed by atoms with van der Waals surface area (Å²) >= 11 is 6.07. The highest BCUT2D eigenvalue weighted by Crippen LogP contribution is 2.41. The molecule has 1 fully saturated rings. The molecule has 0 heterocycles. The van der Waals surface area contributed by atoms with Gasteiger partial charge in [-0.05, 0) is 18.8 Å². The second kappa shape index (κ2) is 4.66. The molecule has 1 aromatic rings. The number of alkyl halides is 1. The molecule has 16 heavy (non-hydrogen) atoms. The smallest absolute Gasteiger partial charge is 0.133 e. The van der Waals surface area contributed by atoms with Gasteiger partial charge in [-0.15, -0.1) is 11.6 Å². The minimum Gasteiger partial charge on any atom is -0.207 e. The third-order valence-corrected chi connectivity index (χ3v) is 3.71. The summed E-state index contributed by atoms with van der Waals surface area (Å²) in [6.45, 7) is 0. The number of rotatable bonds is 2. The standard InChI is InChI=1S/C12H12ClF3/c13-12(7-3-1-2-4-7)11-9(15)5-8(14)6-10(11)16/h5-7,12H,1-4H2. The van der Waals surface area contributed by atoms with E-state index < -0.39 is 22.8 Å². The van der Waals surface area contributed by atoms with E-state index in [-0.39, 0.29) is 11.5 Å². The van der Waals surface area contributed by atoms with Crippen LogP contribution < -0.4 is 0 Å². The van der Waals surface area contributed by atoms with Crippen LogP contribution in [0.2, 0.25) is 0 Å². The zero-order valence-electron chi connectivity index (χ0n) is 8.65. The molecule has 4 heteroatoms. The molecule has 1 unspecified atom stereocenters. The largest absolute Gasteiger partial charge is 0.207 e. The van der Waals surface area contributed by atoms with Crippen LogP contribution >= 0.6 is 11.6 Å². The van der Waals surface area contributed by atoms with Crippen molar-refractivity contribution in [3.05, 3.63) is 35.1 Å². The molecule has 0 spiro atoms. The normalized spacial score (nSPS) is 19.0. The highest BCUT2D eigenvalue weighted by atomic mass is 35.5. The van der Waals surface area contributed by atoms with E-state index in [1.807, 2.05) is 0 Å². The molecule has 0 nitrogen and oxygen atoms in total. The molecule has 0 N–H and O–H groups in total. The van der Waals surface area contributed by atoms with E-state index in [1.165, 1.54) is 0 Å². The van der Waals surface area contributed by atoms with Crippen molar-refractivity contribution in [3.63, 3.8) is 0 Å². The van der Waals surface area contributed by atoms with Crippen LogP contribution in [0, 0.1) is 23.4 Å². The highest BCUT2D eigenvalue weighted by molar-refractivity contribution is 6.21. The second-order valence-corrected chi connectivity index (χ2v) is 4.70. The Morgan fingerprint density at radius 1 is 1.06 bits per heavy atom. The van der Waals surface area contributed by atoms with E-state index in [9.17, 15) is 13.2 Å². The fraction of sp³-hybridized carbons (Fsp3) is 0.500. The van der Waals surface area contributed by atoms with Gasteiger partial charge in [0.15, 0.2) is 0 Å². The molecule has 0 amide bonds. The van der Waals surface area contributed by atoms with Crippen LogP contribution in [-0.4, -0.2) is 0 Å². The lowest BCUT2D eigenvalue weighted by molar-refractivity contribution is 0.468. The van der Waals surface area contributed by atoms with Crippen molar-refractivity contribution in [3.8, 4) is 0 Å². The minimum atomic E-state index is -0.908. The Labute approximate surface area is 97.4 Å². The fourth-order valence-electron chi connectivity index (χ4n) is 2.30. The monoisotopic (exact) mass is 248 g/mol. The van der Waals surface area contributed by atoms with Crippen LogP contribution in [0.1, 0.15) is 36.6 Å². The van der Waals surface area contributed by atoms with Crippen molar-refractivity contribution in [1.82, 2.24) is 0 Å². The fourth-order valence-corrected chi connectivity index (χ4v) is 2.76. The zero-order valence-corrected chi connectivity index (χ0v) is 9.41. The third kappa shape index (κ3) is 2.19. The lowest BCUT2D eigenvalue weighted by atomic mass is 9.96. The van der Waals surface area contributed by atoms with Gasteiger partial charge in [0.1, 0.15) is 17.5 Å². The van der Waals surface area contributed by atoms with Gasteiger partial charge < -0.3 is 0 Å². The first kappa shape index (κ1) is 11.8. The molecule has 0 radical (unpaired) electrons. The average Bonchev–Trinajstić information content (AvgIpc) is 2.67. The van der Waals surface area contributed by atoms with Gasteiger partial charge >= 0.3 is 0 Å². The predicted octanol–water partition coefficient (Wildman–Crippen LogP) is 4.57. The summed E-state index contributed by atoms with van der Waals surface area (Å²) in [6.07, 6.45) is 3.84. The van der Waals surface area contributed by atoms with Gasteiger partial charge in [-0.2, -0.15) is 0 Å². The van der Waals surface area contributed by atoms with Crippen molar-refractivity contribution < 1.29 is 13.2 Å². The van der Waals surface area contributed by atoms with Gasteiger partial charge in [-0.3, -0.25) is 0 Å². The molecule has 0 saturated heterocycles. The Hall–Kier alpha value is -0.700. The molecule has 0 aliphatic heterocycles. The molecule has 1 atom stereocenters. The maximum atomic E-state index is 13.5. The summed E-state index contributed by atoms with van der Waals surface area (Å²) in [7, 11) is 0. The minimum absolute atomic E-state index is 0.0936. The van der Waals surface area contributed by atoms with Gasteiger partial charge in [0.25, 0.3) is 0 Å². The topological polar surface area (TPSA) is 0 Å². The van der Waals surface area contributed by atoms with Gasteiger partial charge in [0.05, 0.1) is 5.38 Å². The molecule has 2 rings (SSSR count). The molecule has 88 valence electrons. The predicted molar refractivity (Wildman–Crippen MR) is 56.9 cm³/mol. The maximum Gasteiger partial charge on any atom is 0.133 e. The zero-order chi connectivity index (χ0) is 11.7. The van der Waals surface area contributed by atoms with Crippen molar-refractivity contribution in [2.45, 2.75) is 31.1 Å². The first-order valence-electron chi connectivity index (χ1n) is 5.38. The summed E-state index contributed by atoms with van der Waals surface area (Å²) in [5, 5.41) is -0.692. The van der Waals surface area contributed by atoms with Crippen molar-refractivity contribution in [2.24, 2.45) is 5.92 Å². The van der Waals surface area contributed by atoms with Crippen molar-refractivity contribution in [1.29, 1.82) is 0 Å². The first-order valence-corrected chi connectivity index (χ1v) is 5.81. The lowest BCUT2D eigenvalue weighted by Gasteiger charge is -2.18. The summed E-state index contributed by atoms with van der Waals surface area (Å²) in [5.74, 6) is -2.58. The average molecular weight is 249 g/mol. The van der Waals surface area contributed by atoms with Crippen LogP contribution in [0.15, 0.2) is 12.1 Å². The third-order valence-electron chi connectivity index (χ3n) is 3.13. The van der Waals surface area contributed by atoms with E-state index in [0.29, 0.717) is 12.1 Å². The Morgan fingerprint density at radius 2 is 1.56 bits per heavy atom. The van der Waals surface area contributed by atoms with Crippen molar-refractivity contribution >= 4 is 11.6 Å². The van der Waals surface area contributed by atoms with E-state index in [1.54, 1.807) is 0 Å². The highest BCUT2D eigenvalue weighted by Gasteiger charge is 2.29. The number of halogens is 4. The number of hydrogen-bond acceptors (Lipinski definition) is 0. The van der Waals surface area contributed by atoms with Crippen LogP contribution in [0.25, 0.3) is 0 Å². The Morgan fingerprint density at radius 3 is 2.06 bits per heavy atom. The second-order valence-electron chi connectivity index (χ2n) is 4.23. The maximum absolute atomic E-state index is 13.5. The molecular weight excluding hydrogens is 237 g/mol. The number of hydrogen-bond donors (Lipinski definition) is 0. The van der Waals surface area contributed by atoms with E-state index >= 15 is 0 Å². The van der Waals surface area contributed by atoms with E-state index in [2.05, 4.69) is 0 Å². The lowest BCUT2D eigenvalue weighted by Crippen LogP contribution is -2.08. The van der Waals surface area contributed by atoms with Gasteiger partial charge in [0, 0.05) is 17.7 Å². The van der Waals surface area contributed by atoms with Crippen molar-refractivity contribution in [2.75, 3.05) is 0 Å². The quantitative estimate of drug-likeness (QED) is 0.673. The summed E-state index contributed by atoms with van der Waals surface area (Å²) < 4.78 is 39.6. The Bertz CT molecular complexity index is 363. The van der Waals surface area contributed by atoms with Crippen LogP contribution in [0.5, 0.6) is 0 Å². The molecular formula is C12H12ClF3. The van der Waals surface area contributed by atoms with Crippen LogP contribution in [0.4, 0.5) is 13.2 Å². The molecule has 1 aromatic carbocycles. The van der Waals surface area contributed by atoms with Crippen LogP contribution in [-0.2, 0) is 0 Å². The molecule has 1 aliphatic carbocycles. The summed E-state index contributed by atoms with van der Waals surface area (Å²) in [6, 6.07) is 1.37. The Balaban J connectivity index is 2.31. The van der Waals surface area contributed by atoms with E-state index in [0.717, 1.165) is 25.7 Å². The molecule has 1 saturated carbocycles. The Kier molecular flexibility index (Phi) is 3.43. The molecule has 0 aromatic heterocycles. The SMILES string of the molecule is Fc1cc(F)c(C(Cl)C2CCCC2)c(F)c1.